The molecular weight excluding hydrogens is 354 g/mol. The number of carbonyl (C=O) groups is 1. The Balaban J connectivity index is 2.03. The fourth-order valence-electron chi connectivity index (χ4n) is 2.69. The summed E-state index contributed by atoms with van der Waals surface area (Å²) in [6.45, 7) is 4.82. The SMILES string of the molecule is CCOC(CC)C(=O)Nc1ccc(S(=O)(=O)NC2=NCCCCC2)cc1. The van der Waals surface area contributed by atoms with E-state index < -0.39 is 16.1 Å². The summed E-state index contributed by atoms with van der Waals surface area (Å²) in [5.74, 6) is 0.276. The lowest BCUT2D eigenvalue weighted by atomic mass is 10.2. The molecular formula is C18H27N3O4S. The van der Waals surface area contributed by atoms with Gasteiger partial charge < -0.3 is 10.1 Å². The summed E-state index contributed by atoms with van der Waals surface area (Å²) < 4.78 is 32.9. The van der Waals surface area contributed by atoms with Gasteiger partial charge in [0.2, 0.25) is 0 Å². The number of hydrogen-bond acceptors (Lipinski definition) is 5. The Morgan fingerprint density at radius 1 is 1.19 bits per heavy atom. The normalized spacial score (nSPS) is 16.3. The lowest BCUT2D eigenvalue weighted by Gasteiger charge is -2.15. The van der Waals surface area contributed by atoms with E-state index in [-0.39, 0.29) is 10.8 Å². The van der Waals surface area contributed by atoms with E-state index in [0.29, 0.717) is 37.5 Å². The predicted octanol–water partition coefficient (Wildman–Crippen LogP) is 2.69. The second kappa shape index (κ2) is 9.68. The monoisotopic (exact) mass is 381 g/mol. The number of nitrogens with zero attached hydrogens (tertiary/aromatic N) is 1. The minimum atomic E-state index is -3.67. The third-order valence-electron chi connectivity index (χ3n) is 4.09. The van der Waals surface area contributed by atoms with Gasteiger partial charge in [0, 0.05) is 25.3 Å². The highest BCUT2D eigenvalue weighted by Crippen LogP contribution is 2.16. The lowest BCUT2D eigenvalue weighted by Crippen LogP contribution is -2.31. The van der Waals surface area contributed by atoms with E-state index in [1.54, 1.807) is 12.1 Å². The molecule has 0 spiro atoms. The molecule has 1 heterocycles. The lowest BCUT2D eigenvalue weighted by molar-refractivity contribution is -0.127. The van der Waals surface area contributed by atoms with Gasteiger partial charge in [-0.1, -0.05) is 13.3 Å². The van der Waals surface area contributed by atoms with Crippen LogP contribution in [-0.4, -0.2) is 39.4 Å². The molecule has 0 bridgehead atoms. The van der Waals surface area contributed by atoms with Crippen LogP contribution in [-0.2, 0) is 19.6 Å². The van der Waals surface area contributed by atoms with Crippen molar-refractivity contribution in [3.8, 4) is 0 Å². The van der Waals surface area contributed by atoms with Crippen molar-refractivity contribution in [3.05, 3.63) is 24.3 Å². The highest BCUT2D eigenvalue weighted by molar-refractivity contribution is 7.90. The number of anilines is 1. The molecule has 1 unspecified atom stereocenters. The smallest absolute Gasteiger partial charge is 0.262 e. The van der Waals surface area contributed by atoms with E-state index in [1.165, 1.54) is 12.1 Å². The average Bonchev–Trinajstić information content (AvgIpc) is 2.88. The molecule has 2 N–H and O–H groups in total. The van der Waals surface area contributed by atoms with Crippen LogP contribution in [0.5, 0.6) is 0 Å². The van der Waals surface area contributed by atoms with Crippen LogP contribution in [0.15, 0.2) is 34.2 Å². The largest absolute Gasteiger partial charge is 0.369 e. The Kier molecular flexibility index (Phi) is 7.59. The van der Waals surface area contributed by atoms with E-state index in [0.717, 1.165) is 19.3 Å². The highest BCUT2D eigenvalue weighted by atomic mass is 32.2. The number of aliphatic imine (C=N–C) groups is 1. The van der Waals surface area contributed by atoms with E-state index in [4.69, 9.17) is 4.74 Å². The molecule has 0 saturated heterocycles. The quantitative estimate of drug-likeness (QED) is 0.759. The van der Waals surface area contributed by atoms with Gasteiger partial charge in [-0.3, -0.25) is 14.5 Å². The maximum absolute atomic E-state index is 12.5. The summed E-state index contributed by atoms with van der Waals surface area (Å²) in [6.07, 6.45) is 3.67. The minimum absolute atomic E-state index is 0.138. The van der Waals surface area contributed by atoms with Crippen molar-refractivity contribution in [3.63, 3.8) is 0 Å². The number of hydrogen-bond donors (Lipinski definition) is 2. The zero-order valence-electron chi connectivity index (χ0n) is 15.3. The van der Waals surface area contributed by atoms with Crippen molar-refractivity contribution in [2.75, 3.05) is 18.5 Å². The van der Waals surface area contributed by atoms with Crippen molar-refractivity contribution in [2.24, 2.45) is 4.99 Å². The Morgan fingerprint density at radius 3 is 2.58 bits per heavy atom. The molecule has 2 rings (SSSR count). The van der Waals surface area contributed by atoms with Gasteiger partial charge in [0.1, 0.15) is 11.9 Å². The van der Waals surface area contributed by atoms with Crippen LogP contribution in [0.4, 0.5) is 5.69 Å². The fraction of sp³-hybridized carbons (Fsp3) is 0.556. The average molecular weight is 381 g/mol. The molecule has 8 heteroatoms. The molecule has 0 aromatic heterocycles. The molecule has 1 atom stereocenters. The van der Waals surface area contributed by atoms with Crippen molar-refractivity contribution < 1.29 is 17.9 Å². The van der Waals surface area contributed by atoms with Crippen LogP contribution in [0.1, 0.15) is 46.0 Å². The topological polar surface area (TPSA) is 96.9 Å². The van der Waals surface area contributed by atoms with Gasteiger partial charge in [0.15, 0.2) is 0 Å². The van der Waals surface area contributed by atoms with E-state index in [2.05, 4.69) is 15.0 Å². The Labute approximate surface area is 155 Å². The standard InChI is InChI=1S/C18H27N3O4S/c1-3-16(25-4-2)18(22)20-14-9-11-15(12-10-14)26(23,24)21-17-8-6-5-7-13-19-17/h9-12,16H,3-8,13H2,1-2H3,(H,19,21)(H,20,22). The number of ether oxygens (including phenoxy) is 1. The third-order valence-corrected chi connectivity index (χ3v) is 5.49. The second-order valence-electron chi connectivity index (χ2n) is 6.11. The third kappa shape index (κ3) is 5.81. The Morgan fingerprint density at radius 2 is 1.92 bits per heavy atom. The summed E-state index contributed by atoms with van der Waals surface area (Å²) in [6, 6.07) is 6.08. The van der Waals surface area contributed by atoms with Crippen molar-refractivity contribution >= 4 is 27.5 Å². The summed E-state index contributed by atoms with van der Waals surface area (Å²) in [5.41, 5.74) is 0.527. The first-order valence-corrected chi connectivity index (χ1v) is 10.5. The van der Waals surface area contributed by atoms with Crippen molar-refractivity contribution in [2.45, 2.75) is 57.0 Å². The highest BCUT2D eigenvalue weighted by Gasteiger charge is 2.19. The first-order valence-electron chi connectivity index (χ1n) is 9.05. The second-order valence-corrected chi connectivity index (χ2v) is 7.79. The predicted molar refractivity (Wildman–Crippen MR) is 102 cm³/mol. The van der Waals surface area contributed by atoms with Gasteiger partial charge in [-0.15, -0.1) is 0 Å². The fourth-order valence-corrected chi connectivity index (χ4v) is 3.78. The van der Waals surface area contributed by atoms with Crippen LogP contribution in [0.2, 0.25) is 0 Å². The number of amidine groups is 1. The van der Waals surface area contributed by atoms with Gasteiger partial charge in [0.05, 0.1) is 4.90 Å². The number of rotatable bonds is 7. The maximum atomic E-state index is 12.5. The number of amides is 1. The molecule has 1 aromatic carbocycles. The van der Waals surface area contributed by atoms with Crippen molar-refractivity contribution in [1.82, 2.24) is 4.72 Å². The van der Waals surface area contributed by atoms with E-state index in [9.17, 15) is 13.2 Å². The molecule has 0 saturated carbocycles. The van der Waals surface area contributed by atoms with Crippen LogP contribution < -0.4 is 10.0 Å². The molecule has 1 aliphatic heterocycles. The number of nitrogens with one attached hydrogen (secondary N) is 2. The summed E-state index contributed by atoms with van der Waals surface area (Å²) in [4.78, 5) is 16.6. The Hall–Kier alpha value is -1.93. The molecule has 1 aromatic rings. The number of benzene rings is 1. The maximum Gasteiger partial charge on any atom is 0.262 e. The summed E-state index contributed by atoms with van der Waals surface area (Å²) in [7, 11) is -3.67. The van der Waals surface area contributed by atoms with Gasteiger partial charge in [0.25, 0.3) is 15.9 Å². The zero-order valence-corrected chi connectivity index (χ0v) is 16.1. The number of carbonyl (C=O) groups excluding carboxylic acids is 1. The van der Waals surface area contributed by atoms with Crippen LogP contribution in [0, 0.1) is 0 Å². The summed E-state index contributed by atoms with van der Waals surface area (Å²) in [5, 5.41) is 2.74. The van der Waals surface area contributed by atoms with Crippen molar-refractivity contribution in [1.29, 1.82) is 0 Å². The Bertz CT molecular complexity index is 729. The molecule has 1 aliphatic rings. The molecule has 144 valence electrons. The molecule has 1 amide bonds. The first kappa shape index (κ1) is 20.4. The molecule has 0 fully saturated rings. The van der Waals surface area contributed by atoms with Gasteiger partial charge in [-0.2, -0.15) is 0 Å². The van der Waals surface area contributed by atoms with Crippen LogP contribution in [0.3, 0.4) is 0 Å². The van der Waals surface area contributed by atoms with Gasteiger partial charge in [-0.25, -0.2) is 8.42 Å². The first-order chi connectivity index (χ1) is 12.5. The van der Waals surface area contributed by atoms with E-state index >= 15 is 0 Å². The van der Waals surface area contributed by atoms with Crippen LogP contribution >= 0.6 is 0 Å². The molecule has 7 nitrogen and oxygen atoms in total. The minimum Gasteiger partial charge on any atom is -0.369 e. The number of sulfonamides is 1. The van der Waals surface area contributed by atoms with Gasteiger partial charge >= 0.3 is 0 Å². The molecule has 0 radical (unpaired) electrons. The van der Waals surface area contributed by atoms with Gasteiger partial charge in [-0.05, 0) is 50.5 Å². The molecule has 26 heavy (non-hydrogen) atoms. The molecule has 0 aliphatic carbocycles. The van der Waals surface area contributed by atoms with E-state index in [1.807, 2.05) is 13.8 Å². The van der Waals surface area contributed by atoms with Crippen LogP contribution in [0.25, 0.3) is 0 Å². The summed E-state index contributed by atoms with van der Waals surface area (Å²) >= 11 is 0. The zero-order chi connectivity index (χ0) is 19.0.